The van der Waals surface area contributed by atoms with Crippen LogP contribution < -0.4 is 0 Å². The Kier molecular flexibility index (Phi) is 2.08. The zero-order chi connectivity index (χ0) is 9.30. The van der Waals surface area contributed by atoms with E-state index >= 15 is 0 Å². The SMILES string of the molecule is C=Cc1cc(F)c(O)c(F)c1F. The first-order chi connectivity index (χ1) is 5.57. The van der Waals surface area contributed by atoms with Gasteiger partial charge in [0.05, 0.1) is 0 Å². The van der Waals surface area contributed by atoms with Gasteiger partial charge in [-0.05, 0) is 6.07 Å². The summed E-state index contributed by atoms with van der Waals surface area (Å²) in [6, 6.07) is 0.667. The molecule has 0 amide bonds. The Morgan fingerprint density at radius 3 is 2.33 bits per heavy atom. The second-order valence-corrected chi connectivity index (χ2v) is 2.13. The summed E-state index contributed by atoms with van der Waals surface area (Å²) in [5, 5.41) is 8.58. The highest BCUT2D eigenvalue weighted by molar-refractivity contribution is 5.50. The lowest BCUT2D eigenvalue weighted by Gasteiger charge is -2.01. The Hall–Kier alpha value is -1.45. The van der Waals surface area contributed by atoms with Crippen LogP contribution in [0.2, 0.25) is 0 Å². The van der Waals surface area contributed by atoms with E-state index < -0.39 is 23.2 Å². The molecule has 4 heteroatoms. The molecular weight excluding hydrogens is 169 g/mol. The van der Waals surface area contributed by atoms with Gasteiger partial charge in [0.1, 0.15) is 0 Å². The van der Waals surface area contributed by atoms with Crippen LogP contribution in [0.4, 0.5) is 13.2 Å². The van der Waals surface area contributed by atoms with Crippen LogP contribution >= 0.6 is 0 Å². The number of rotatable bonds is 1. The maximum atomic E-state index is 12.7. The van der Waals surface area contributed by atoms with Crippen LogP contribution in [0.15, 0.2) is 12.6 Å². The maximum absolute atomic E-state index is 12.7. The van der Waals surface area contributed by atoms with Crippen molar-refractivity contribution < 1.29 is 18.3 Å². The molecule has 12 heavy (non-hydrogen) atoms. The number of phenolic OH excluding ortho intramolecular Hbond substituents is 1. The Morgan fingerprint density at radius 1 is 1.25 bits per heavy atom. The van der Waals surface area contributed by atoms with Gasteiger partial charge in [-0.25, -0.2) is 8.78 Å². The van der Waals surface area contributed by atoms with E-state index in [-0.39, 0.29) is 5.56 Å². The zero-order valence-corrected chi connectivity index (χ0v) is 5.94. The molecular formula is C8H5F3O. The standard InChI is InChI=1S/C8H5F3O/c1-2-4-3-5(9)8(12)7(11)6(4)10/h2-3,12H,1H2. The minimum atomic E-state index is -1.59. The van der Waals surface area contributed by atoms with Gasteiger partial charge in [0.15, 0.2) is 17.4 Å². The van der Waals surface area contributed by atoms with Gasteiger partial charge in [0.25, 0.3) is 0 Å². The molecule has 0 fully saturated rings. The van der Waals surface area contributed by atoms with Crippen LogP contribution in [0.25, 0.3) is 6.08 Å². The Bertz CT molecular complexity index is 334. The van der Waals surface area contributed by atoms with E-state index in [9.17, 15) is 13.2 Å². The molecule has 0 heterocycles. The fraction of sp³-hybridized carbons (Fsp3) is 0. The molecule has 1 rings (SSSR count). The summed E-state index contributed by atoms with van der Waals surface area (Å²) in [6.07, 6.45) is 0.959. The fourth-order valence-electron chi connectivity index (χ4n) is 0.752. The van der Waals surface area contributed by atoms with E-state index in [4.69, 9.17) is 5.11 Å². The van der Waals surface area contributed by atoms with Gasteiger partial charge in [-0.2, -0.15) is 4.39 Å². The number of hydrogen-bond acceptors (Lipinski definition) is 1. The third-order valence-electron chi connectivity index (χ3n) is 1.38. The molecule has 0 radical (unpaired) electrons. The van der Waals surface area contributed by atoms with Gasteiger partial charge >= 0.3 is 0 Å². The van der Waals surface area contributed by atoms with Crippen molar-refractivity contribution in [1.29, 1.82) is 0 Å². The lowest BCUT2D eigenvalue weighted by Crippen LogP contribution is -1.92. The van der Waals surface area contributed by atoms with E-state index in [2.05, 4.69) is 6.58 Å². The second kappa shape index (κ2) is 2.89. The molecule has 1 nitrogen and oxygen atoms in total. The minimum absolute atomic E-state index is 0.317. The van der Waals surface area contributed by atoms with Crippen molar-refractivity contribution in [3.05, 3.63) is 35.7 Å². The van der Waals surface area contributed by atoms with Gasteiger partial charge in [-0.1, -0.05) is 12.7 Å². The molecule has 1 aromatic carbocycles. The van der Waals surface area contributed by atoms with Crippen LogP contribution in [0.5, 0.6) is 5.75 Å². The molecule has 0 unspecified atom stereocenters. The Balaban J connectivity index is 3.49. The van der Waals surface area contributed by atoms with Crippen LogP contribution in [-0.4, -0.2) is 5.11 Å². The highest BCUT2D eigenvalue weighted by Crippen LogP contribution is 2.25. The molecule has 0 bridgehead atoms. The Labute approximate surface area is 66.8 Å². The van der Waals surface area contributed by atoms with E-state index in [1.165, 1.54) is 0 Å². The average Bonchev–Trinajstić information content (AvgIpc) is 2.08. The summed E-state index contributed by atoms with van der Waals surface area (Å²) in [6.45, 7) is 3.15. The van der Waals surface area contributed by atoms with Crippen molar-refractivity contribution in [3.8, 4) is 5.75 Å². The Morgan fingerprint density at radius 2 is 1.83 bits per heavy atom. The van der Waals surface area contributed by atoms with E-state index in [0.717, 1.165) is 6.08 Å². The second-order valence-electron chi connectivity index (χ2n) is 2.13. The first kappa shape index (κ1) is 8.64. The molecule has 64 valence electrons. The molecule has 0 aliphatic heterocycles. The molecule has 1 aromatic rings. The first-order valence-corrected chi connectivity index (χ1v) is 3.06. The summed E-state index contributed by atoms with van der Waals surface area (Å²) < 4.78 is 37.7. The summed E-state index contributed by atoms with van der Waals surface area (Å²) in [5.74, 6) is -5.41. The minimum Gasteiger partial charge on any atom is -0.503 e. The van der Waals surface area contributed by atoms with Crippen molar-refractivity contribution in [2.24, 2.45) is 0 Å². The fourth-order valence-corrected chi connectivity index (χ4v) is 0.752. The van der Waals surface area contributed by atoms with Gasteiger partial charge in [0, 0.05) is 5.56 Å². The van der Waals surface area contributed by atoms with Crippen LogP contribution in [0, 0.1) is 17.5 Å². The molecule has 0 aliphatic carbocycles. The zero-order valence-electron chi connectivity index (χ0n) is 5.94. The largest absolute Gasteiger partial charge is 0.503 e. The molecule has 1 N–H and O–H groups in total. The molecule has 0 aliphatic rings. The number of hydrogen-bond donors (Lipinski definition) is 1. The average molecular weight is 174 g/mol. The lowest BCUT2D eigenvalue weighted by atomic mass is 10.2. The van der Waals surface area contributed by atoms with Crippen LogP contribution in [0.3, 0.4) is 0 Å². The highest BCUT2D eigenvalue weighted by atomic mass is 19.2. The summed E-state index contributed by atoms with van der Waals surface area (Å²) >= 11 is 0. The van der Waals surface area contributed by atoms with Gasteiger partial charge in [0.2, 0.25) is 5.82 Å². The predicted octanol–water partition coefficient (Wildman–Crippen LogP) is 2.45. The third kappa shape index (κ3) is 1.15. The smallest absolute Gasteiger partial charge is 0.204 e. The van der Waals surface area contributed by atoms with Crippen molar-refractivity contribution in [3.63, 3.8) is 0 Å². The quantitative estimate of drug-likeness (QED) is 0.648. The molecule has 0 atom stereocenters. The normalized spacial score (nSPS) is 9.92. The van der Waals surface area contributed by atoms with E-state index in [0.29, 0.717) is 6.07 Å². The number of benzene rings is 1. The topological polar surface area (TPSA) is 20.2 Å². The van der Waals surface area contributed by atoms with Gasteiger partial charge in [-0.3, -0.25) is 0 Å². The third-order valence-corrected chi connectivity index (χ3v) is 1.38. The molecule has 0 spiro atoms. The van der Waals surface area contributed by atoms with Crippen LogP contribution in [-0.2, 0) is 0 Å². The van der Waals surface area contributed by atoms with E-state index in [1.54, 1.807) is 0 Å². The summed E-state index contributed by atoms with van der Waals surface area (Å²) in [7, 11) is 0. The van der Waals surface area contributed by atoms with Crippen molar-refractivity contribution in [2.45, 2.75) is 0 Å². The van der Waals surface area contributed by atoms with Crippen molar-refractivity contribution in [2.75, 3.05) is 0 Å². The predicted molar refractivity (Wildman–Crippen MR) is 38.1 cm³/mol. The first-order valence-electron chi connectivity index (χ1n) is 3.06. The molecule has 0 saturated carbocycles. The molecule has 0 saturated heterocycles. The van der Waals surface area contributed by atoms with Gasteiger partial charge < -0.3 is 5.11 Å². The van der Waals surface area contributed by atoms with E-state index in [1.807, 2.05) is 0 Å². The monoisotopic (exact) mass is 174 g/mol. The van der Waals surface area contributed by atoms with Gasteiger partial charge in [-0.15, -0.1) is 0 Å². The number of halogens is 3. The van der Waals surface area contributed by atoms with Crippen LogP contribution in [0.1, 0.15) is 5.56 Å². The van der Waals surface area contributed by atoms with Crippen molar-refractivity contribution in [1.82, 2.24) is 0 Å². The molecule has 0 aromatic heterocycles. The highest BCUT2D eigenvalue weighted by Gasteiger charge is 2.15. The number of aromatic hydroxyl groups is 1. The number of phenols is 1. The van der Waals surface area contributed by atoms with Crippen molar-refractivity contribution >= 4 is 6.08 Å². The summed E-state index contributed by atoms with van der Waals surface area (Å²) in [4.78, 5) is 0. The lowest BCUT2D eigenvalue weighted by molar-refractivity contribution is 0.376. The maximum Gasteiger partial charge on any atom is 0.204 e. The summed E-state index contributed by atoms with van der Waals surface area (Å²) in [5.41, 5.74) is -0.317.